The van der Waals surface area contributed by atoms with Crippen LogP contribution in [0.15, 0.2) is 54.6 Å². The van der Waals surface area contributed by atoms with E-state index in [1.807, 2.05) is 6.07 Å². The van der Waals surface area contributed by atoms with E-state index in [4.69, 9.17) is 9.84 Å². The van der Waals surface area contributed by atoms with Crippen LogP contribution in [0.25, 0.3) is 6.08 Å². The SMILES string of the molecule is O=C(O)/C=C/c1c(F)cccc1Oc1ccccc1. The van der Waals surface area contributed by atoms with Gasteiger partial charge in [0.2, 0.25) is 0 Å². The van der Waals surface area contributed by atoms with Gasteiger partial charge in [0.1, 0.15) is 17.3 Å². The zero-order chi connectivity index (χ0) is 13.7. The van der Waals surface area contributed by atoms with E-state index >= 15 is 0 Å². The molecule has 0 aliphatic carbocycles. The highest BCUT2D eigenvalue weighted by Crippen LogP contribution is 2.28. The van der Waals surface area contributed by atoms with Gasteiger partial charge in [-0.2, -0.15) is 0 Å². The number of benzene rings is 2. The van der Waals surface area contributed by atoms with Crippen LogP contribution in [-0.2, 0) is 4.79 Å². The number of halogens is 1. The van der Waals surface area contributed by atoms with Gasteiger partial charge in [0.15, 0.2) is 0 Å². The number of hydrogen-bond donors (Lipinski definition) is 1. The number of rotatable bonds is 4. The van der Waals surface area contributed by atoms with Crippen LogP contribution in [-0.4, -0.2) is 11.1 Å². The second kappa shape index (κ2) is 5.82. The fourth-order valence-corrected chi connectivity index (χ4v) is 1.54. The lowest BCUT2D eigenvalue weighted by molar-refractivity contribution is -0.131. The third-order valence-electron chi connectivity index (χ3n) is 2.38. The van der Waals surface area contributed by atoms with Crippen LogP contribution in [0.5, 0.6) is 11.5 Å². The molecule has 1 N–H and O–H groups in total. The highest BCUT2D eigenvalue weighted by atomic mass is 19.1. The Bertz CT molecular complexity index is 606. The second-order valence-corrected chi connectivity index (χ2v) is 3.74. The molecular weight excluding hydrogens is 247 g/mol. The third kappa shape index (κ3) is 3.42. The Morgan fingerprint density at radius 3 is 2.53 bits per heavy atom. The van der Waals surface area contributed by atoms with E-state index in [-0.39, 0.29) is 11.3 Å². The van der Waals surface area contributed by atoms with Crippen LogP contribution >= 0.6 is 0 Å². The standard InChI is InChI=1S/C15H11FO3/c16-13-7-4-8-14(12(13)9-10-15(17)18)19-11-5-2-1-3-6-11/h1-10H,(H,17,18)/b10-9+. The van der Waals surface area contributed by atoms with Gasteiger partial charge in [-0.25, -0.2) is 9.18 Å². The molecule has 0 aliphatic rings. The summed E-state index contributed by atoms with van der Waals surface area (Å²) in [6.07, 6.45) is 2.05. The topological polar surface area (TPSA) is 46.5 Å². The first-order valence-electron chi connectivity index (χ1n) is 5.59. The van der Waals surface area contributed by atoms with E-state index in [1.54, 1.807) is 30.3 Å². The summed E-state index contributed by atoms with van der Waals surface area (Å²) in [5.74, 6) is -0.860. The van der Waals surface area contributed by atoms with Crippen LogP contribution in [0.4, 0.5) is 4.39 Å². The number of aliphatic carboxylic acids is 1. The molecule has 2 aromatic carbocycles. The fourth-order valence-electron chi connectivity index (χ4n) is 1.54. The molecule has 0 unspecified atom stereocenters. The average Bonchev–Trinajstić information content (AvgIpc) is 2.39. The minimum absolute atomic E-state index is 0.105. The number of carboxylic acid groups (broad SMARTS) is 1. The van der Waals surface area contributed by atoms with Gasteiger partial charge in [0.05, 0.1) is 5.56 Å². The van der Waals surface area contributed by atoms with Gasteiger partial charge in [-0.15, -0.1) is 0 Å². The minimum Gasteiger partial charge on any atom is -0.478 e. The highest BCUT2D eigenvalue weighted by Gasteiger charge is 2.08. The molecule has 0 fully saturated rings. The Morgan fingerprint density at radius 2 is 1.84 bits per heavy atom. The third-order valence-corrected chi connectivity index (χ3v) is 2.38. The van der Waals surface area contributed by atoms with Crippen molar-refractivity contribution in [3.63, 3.8) is 0 Å². The zero-order valence-electron chi connectivity index (χ0n) is 9.92. The molecule has 2 rings (SSSR count). The molecule has 0 aromatic heterocycles. The van der Waals surface area contributed by atoms with Crippen molar-refractivity contribution in [1.82, 2.24) is 0 Å². The van der Waals surface area contributed by atoms with Gasteiger partial charge in [-0.05, 0) is 30.3 Å². The van der Waals surface area contributed by atoms with E-state index < -0.39 is 11.8 Å². The molecule has 0 aliphatic heterocycles. The van der Waals surface area contributed by atoms with Crippen LogP contribution in [0.1, 0.15) is 5.56 Å². The summed E-state index contributed by atoms with van der Waals surface area (Å²) < 4.78 is 19.2. The predicted octanol–water partition coefficient (Wildman–Crippen LogP) is 3.72. The molecule has 0 heterocycles. The van der Waals surface area contributed by atoms with Crippen molar-refractivity contribution in [2.45, 2.75) is 0 Å². The van der Waals surface area contributed by atoms with Crippen molar-refractivity contribution in [1.29, 1.82) is 0 Å². The van der Waals surface area contributed by atoms with E-state index in [9.17, 15) is 9.18 Å². The van der Waals surface area contributed by atoms with Crippen molar-refractivity contribution in [2.75, 3.05) is 0 Å². The quantitative estimate of drug-likeness (QED) is 0.850. The van der Waals surface area contributed by atoms with Crippen LogP contribution in [0.2, 0.25) is 0 Å². The van der Waals surface area contributed by atoms with Crippen molar-refractivity contribution in [2.24, 2.45) is 0 Å². The highest BCUT2D eigenvalue weighted by molar-refractivity contribution is 5.86. The first kappa shape index (κ1) is 12.8. The monoisotopic (exact) mass is 258 g/mol. The number of para-hydroxylation sites is 1. The maximum absolute atomic E-state index is 13.7. The molecule has 0 saturated carbocycles. The van der Waals surface area contributed by atoms with Crippen molar-refractivity contribution in [3.05, 3.63) is 66.0 Å². The second-order valence-electron chi connectivity index (χ2n) is 3.74. The molecule has 19 heavy (non-hydrogen) atoms. The molecule has 2 aromatic rings. The summed E-state index contributed by atoms with van der Waals surface area (Å²) in [7, 11) is 0. The average molecular weight is 258 g/mol. The molecule has 0 radical (unpaired) electrons. The van der Waals surface area contributed by atoms with Crippen LogP contribution in [0, 0.1) is 5.82 Å². The summed E-state index contributed by atoms with van der Waals surface area (Å²) in [6.45, 7) is 0. The first-order valence-corrected chi connectivity index (χ1v) is 5.59. The fraction of sp³-hybridized carbons (Fsp3) is 0. The zero-order valence-corrected chi connectivity index (χ0v) is 9.92. The van der Waals surface area contributed by atoms with E-state index in [1.165, 1.54) is 18.2 Å². The Balaban J connectivity index is 2.35. The summed E-state index contributed by atoms with van der Waals surface area (Å²) in [6, 6.07) is 13.2. The summed E-state index contributed by atoms with van der Waals surface area (Å²) in [5.41, 5.74) is 0.105. The normalized spacial score (nSPS) is 10.6. The lowest BCUT2D eigenvalue weighted by Crippen LogP contribution is -1.92. The first-order chi connectivity index (χ1) is 9.16. The summed E-state index contributed by atoms with van der Waals surface area (Å²) >= 11 is 0. The molecule has 0 atom stereocenters. The number of carbonyl (C=O) groups is 1. The summed E-state index contributed by atoms with van der Waals surface area (Å²) in [4.78, 5) is 10.5. The Labute approximate surface area is 109 Å². The lowest BCUT2D eigenvalue weighted by atomic mass is 10.1. The predicted molar refractivity (Wildman–Crippen MR) is 69.6 cm³/mol. The number of carboxylic acids is 1. The molecule has 0 saturated heterocycles. The van der Waals surface area contributed by atoms with E-state index in [0.717, 1.165) is 6.08 Å². The maximum Gasteiger partial charge on any atom is 0.328 e. The molecule has 96 valence electrons. The van der Waals surface area contributed by atoms with E-state index in [2.05, 4.69) is 0 Å². The van der Waals surface area contributed by atoms with Gasteiger partial charge in [-0.1, -0.05) is 24.3 Å². The maximum atomic E-state index is 13.7. The van der Waals surface area contributed by atoms with Gasteiger partial charge >= 0.3 is 5.97 Å². The molecule has 0 bridgehead atoms. The lowest BCUT2D eigenvalue weighted by Gasteiger charge is -2.09. The Morgan fingerprint density at radius 1 is 1.11 bits per heavy atom. The molecule has 3 nitrogen and oxygen atoms in total. The number of hydrogen-bond acceptors (Lipinski definition) is 2. The number of ether oxygens (including phenoxy) is 1. The molecule has 0 spiro atoms. The molecule has 0 amide bonds. The van der Waals surface area contributed by atoms with Crippen molar-refractivity contribution < 1.29 is 19.0 Å². The van der Waals surface area contributed by atoms with Gasteiger partial charge in [0, 0.05) is 6.08 Å². The van der Waals surface area contributed by atoms with Crippen molar-refractivity contribution in [3.8, 4) is 11.5 Å². The van der Waals surface area contributed by atoms with Crippen molar-refractivity contribution >= 4 is 12.0 Å². The Hall–Kier alpha value is -2.62. The van der Waals surface area contributed by atoms with Crippen LogP contribution < -0.4 is 4.74 Å². The van der Waals surface area contributed by atoms with Gasteiger partial charge in [0.25, 0.3) is 0 Å². The summed E-state index contributed by atoms with van der Waals surface area (Å²) in [5, 5.41) is 8.60. The molecular formula is C15H11FO3. The largest absolute Gasteiger partial charge is 0.478 e. The smallest absolute Gasteiger partial charge is 0.328 e. The Kier molecular flexibility index (Phi) is 3.93. The van der Waals surface area contributed by atoms with Gasteiger partial charge in [-0.3, -0.25) is 0 Å². The van der Waals surface area contributed by atoms with E-state index in [0.29, 0.717) is 5.75 Å². The van der Waals surface area contributed by atoms with Gasteiger partial charge < -0.3 is 9.84 Å². The molecule has 4 heteroatoms. The minimum atomic E-state index is -1.14. The van der Waals surface area contributed by atoms with Crippen LogP contribution in [0.3, 0.4) is 0 Å².